The Morgan fingerprint density at radius 2 is 1.78 bits per heavy atom. The van der Waals surface area contributed by atoms with Gasteiger partial charge in [-0.1, -0.05) is 25.0 Å². The maximum Gasteiger partial charge on any atom is 0.315 e. The van der Waals surface area contributed by atoms with Gasteiger partial charge in [-0.25, -0.2) is 4.79 Å². The van der Waals surface area contributed by atoms with E-state index >= 15 is 0 Å². The summed E-state index contributed by atoms with van der Waals surface area (Å²) in [6, 6.07) is 0.768. The highest BCUT2D eigenvalue weighted by molar-refractivity contribution is 5.74. The minimum absolute atomic E-state index is 0.0299. The monoisotopic (exact) mass is 321 g/mol. The van der Waals surface area contributed by atoms with Crippen molar-refractivity contribution in [1.82, 2.24) is 15.5 Å². The van der Waals surface area contributed by atoms with Gasteiger partial charge in [-0.05, 0) is 44.9 Å². The Morgan fingerprint density at radius 1 is 1.00 bits per heavy atom. The minimum atomic E-state index is -0.158. The van der Waals surface area contributed by atoms with E-state index in [0.29, 0.717) is 6.04 Å². The number of likely N-dealkylation sites (tertiary alicyclic amines) is 1. The van der Waals surface area contributed by atoms with Crippen LogP contribution in [-0.2, 0) is 0 Å². The second-order valence-electron chi connectivity index (χ2n) is 7.31. The molecule has 1 saturated carbocycles. The molecule has 0 radical (unpaired) electrons. The lowest BCUT2D eigenvalue weighted by Gasteiger charge is -2.41. The molecule has 3 N–H and O–H groups in total. The van der Waals surface area contributed by atoms with Gasteiger partial charge in [-0.3, -0.25) is 4.90 Å². The van der Waals surface area contributed by atoms with Gasteiger partial charge in [0.1, 0.15) is 0 Å². The molecular weight excluding hydrogens is 290 g/mol. The predicted molar refractivity (Wildman–Crippen MR) is 91.3 cm³/mol. The normalized spacial score (nSPS) is 33.3. The maximum absolute atomic E-state index is 12.1. The summed E-state index contributed by atoms with van der Waals surface area (Å²) in [7, 11) is 0. The van der Waals surface area contributed by atoms with Crippen LogP contribution in [0.25, 0.3) is 0 Å². The lowest BCUT2D eigenvalue weighted by molar-refractivity contribution is 0.00776. The van der Waals surface area contributed by atoms with Crippen molar-refractivity contribution >= 4 is 6.03 Å². The average molecular weight is 321 g/mol. The molecule has 3 unspecified atom stereocenters. The number of rotatable bonds is 3. The Labute approximate surface area is 139 Å². The molecule has 23 heavy (non-hydrogen) atoms. The number of nitrogens with one attached hydrogen (secondary N) is 2. The highest BCUT2D eigenvalue weighted by Gasteiger charge is 2.31. The smallest absolute Gasteiger partial charge is 0.315 e. The SMILES string of the molecule is O=C(NC1C=CCCC1)NC1CCN(C2CCCCC2O)CC1. The molecule has 130 valence electrons. The second kappa shape index (κ2) is 8.15. The summed E-state index contributed by atoms with van der Waals surface area (Å²) in [6.45, 7) is 1.96. The van der Waals surface area contributed by atoms with Gasteiger partial charge >= 0.3 is 6.03 Å². The molecule has 3 atom stereocenters. The van der Waals surface area contributed by atoms with Crippen LogP contribution in [0, 0.1) is 0 Å². The molecule has 0 aromatic rings. The molecular formula is C18H31N3O2. The molecule has 3 rings (SSSR count). The number of urea groups is 1. The molecule has 5 heteroatoms. The van der Waals surface area contributed by atoms with E-state index in [-0.39, 0.29) is 24.2 Å². The number of carbonyl (C=O) groups excluding carboxylic acids is 1. The first-order chi connectivity index (χ1) is 11.2. The van der Waals surface area contributed by atoms with E-state index in [9.17, 15) is 9.90 Å². The van der Waals surface area contributed by atoms with Crippen molar-refractivity contribution in [2.24, 2.45) is 0 Å². The molecule has 1 saturated heterocycles. The molecule has 0 aromatic carbocycles. The summed E-state index contributed by atoms with van der Waals surface area (Å²) in [5, 5.41) is 16.4. The third-order valence-corrected chi connectivity index (χ3v) is 5.60. The quantitative estimate of drug-likeness (QED) is 0.698. The lowest BCUT2D eigenvalue weighted by atomic mass is 9.89. The fourth-order valence-electron chi connectivity index (χ4n) is 4.22. The molecule has 1 heterocycles. The lowest BCUT2D eigenvalue weighted by Crippen LogP contribution is -2.54. The predicted octanol–water partition coefficient (Wildman–Crippen LogP) is 2.16. The standard InChI is InChI=1S/C18H31N3O2/c22-17-9-5-4-8-16(17)21-12-10-15(11-13-21)20-18(23)19-14-6-2-1-3-7-14/h2,6,14-17,22H,1,3-5,7-13H2,(H2,19,20,23). The molecule has 5 nitrogen and oxygen atoms in total. The molecule has 0 aromatic heterocycles. The summed E-state index contributed by atoms with van der Waals surface area (Å²) in [6.07, 6.45) is 13.9. The molecule has 2 aliphatic carbocycles. The van der Waals surface area contributed by atoms with Gasteiger partial charge in [-0.15, -0.1) is 0 Å². The van der Waals surface area contributed by atoms with E-state index in [0.717, 1.165) is 64.5 Å². The highest BCUT2D eigenvalue weighted by atomic mass is 16.3. The van der Waals surface area contributed by atoms with Crippen LogP contribution < -0.4 is 10.6 Å². The zero-order chi connectivity index (χ0) is 16.1. The Hall–Kier alpha value is -1.07. The van der Waals surface area contributed by atoms with E-state index < -0.39 is 0 Å². The Balaban J connectivity index is 1.39. The number of amides is 2. The summed E-state index contributed by atoms with van der Waals surface area (Å²) < 4.78 is 0. The average Bonchev–Trinajstić information content (AvgIpc) is 2.57. The van der Waals surface area contributed by atoms with Crippen molar-refractivity contribution in [3.05, 3.63) is 12.2 Å². The first kappa shape index (κ1) is 16.8. The number of nitrogens with zero attached hydrogens (tertiary/aromatic N) is 1. The van der Waals surface area contributed by atoms with E-state index in [1.165, 1.54) is 6.42 Å². The zero-order valence-corrected chi connectivity index (χ0v) is 14.0. The number of hydrogen-bond donors (Lipinski definition) is 3. The second-order valence-corrected chi connectivity index (χ2v) is 7.31. The van der Waals surface area contributed by atoms with Gasteiger partial charge in [0.15, 0.2) is 0 Å². The van der Waals surface area contributed by atoms with Gasteiger partial charge in [0.2, 0.25) is 0 Å². The highest BCUT2D eigenvalue weighted by Crippen LogP contribution is 2.25. The summed E-state index contributed by atoms with van der Waals surface area (Å²) >= 11 is 0. The molecule has 2 amide bonds. The van der Waals surface area contributed by atoms with Crippen LogP contribution in [-0.4, -0.2) is 53.4 Å². The van der Waals surface area contributed by atoms with E-state index in [1.54, 1.807) is 0 Å². The van der Waals surface area contributed by atoms with Crippen LogP contribution in [0.5, 0.6) is 0 Å². The van der Waals surface area contributed by atoms with E-state index in [2.05, 4.69) is 27.7 Å². The van der Waals surface area contributed by atoms with E-state index in [1.807, 2.05) is 0 Å². The largest absolute Gasteiger partial charge is 0.391 e. The van der Waals surface area contributed by atoms with Crippen molar-refractivity contribution in [1.29, 1.82) is 0 Å². The van der Waals surface area contributed by atoms with Gasteiger partial charge in [0.05, 0.1) is 6.10 Å². The number of aliphatic hydroxyl groups excluding tert-OH is 1. The van der Waals surface area contributed by atoms with Crippen molar-refractivity contribution < 1.29 is 9.90 Å². The van der Waals surface area contributed by atoms with Crippen LogP contribution in [0.15, 0.2) is 12.2 Å². The molecule has 2 fully saturated rings. The van der Waals surface area contributed by atoms with Crippen LogP contribution in [0.4, 0.5) is 4.79 Å². The number of aliphatic hydroxyl groups is 1. The van der Waals surface area contributed by atoms with Gasteiger partial charge in [0.25, 0.3) is 0 Å². The van der Waals surface area contributed by atoms with Crippen LogP contribution >= 0.6 is 0 Å². The van der Waals surface area contributed by atoms with Crippen LogP contribution in [0.1, 0.15) is 57.8 Å². The first-order valence-corrected chi connectivity index (χ1v) is 9.38. The van der Waals surface area contributed by atoms with Crippen molar-refractivity contribution in [2.75, 3.05) is 13.1 Å². The van der Waals surface area contributed by atoms with Gasteiger partial charge in [0, 0.05) is 31.2 Å². The van der Waals surface area contributed by atoms with Gasteiger partial charge < -0.3 is 15.7 Å². The fourth-order valence-corrected chi connectivity index (χ4v) is 4.22. The molecule has 0 bridgehead atoms. The number of hydrogen-bond acceptors (Lipinski definition) is 3. The summed E-state index contributed by atoms with van der Waals surface area (Å²) in [4.78, 5) is 14.5. The summed E-state index contributed by atoms with van der Waals surface area (Å²) in [5.41, 5.74) is 0. The Bertz CT molecular complexity index is 418. The fraction of sp³-hybridized carbons (Fsp3) is 0.833. The first-order valence-electron chi connectivity index (χ1n) is 9.38. The van der Waals surface area contributed by atoms with Crippen LogP contribution in [0.2, 0.25) is 0 Å². The minimum Gasteiger partial charge on any atom is -0.391 e. The molecule has 0 spiro atoms. The van der Waals surface area contributed by atoms with Crippen molar-refractivity contribution in [3.8, 4) is 0 Å². The third-order valence-electron chi connectivity index (χ3n) is 5.60. The topological polar surface area (TPSA) is 64.6 Å². The zero-order valence-electron chi connectivity index (χ0n) is 14.0. The molecule has 3 aliphatic rings. The van der Waals surface area contributed by atoms with E-state index in [4.69, 9.17) is 0 Å². The number of piperidine rings is 1. The number of allylic oxidation sites excluding steroid dienone is 1. The maximum atomic E-state index is 12.1. The Morgan fingerprint density at radius 3 is 2.48 bits per heavy atom. The summed E-state index contributed by atoms with van der Waals surface area (Å²) in [5.74, 6) is 0. The van der Waals surface area contributed by atoms with Crippen molar-refractivity contribution in [2.45, 2.75) is 82.0 Å². The van der Waals surface area contributed by atoms with Crippen molar-refractivity contribution in [3.63, 3.8) is 0 Å². The number of carbonyl (C=O) groups is 1. The Kier molecular flexibility index (Phi) is 5.95. The van der Waals surface area contributed by atoms with Crippen LogP contribution in [0.3, 0.4) is 0 Å². The van der Waals surface area contributed by atoms with Gasteiger partial charge in [-0.2, -0.15) is 0 Å². The third kappa shape index (κ3) is 4.70. The molecule has 1 aliphatic heterocycles.